The van der Waals surface area contributed by atoms with Crippen molar-refractivity contribution in [3.8, 4) is 0 Å². The predicted molar refractivity (Wildman–Crippen MR) is 47.3 cm³/mol. The van der Waals surface area contributed by atoms with Crippen LogP contribution in [0.4, 0.5) is 0 Å². The number of hydrogen-bond donors (Lipinski definition) is 1. The summed E-state index contributed by atoms with van der Waals surface area (Å²) in [6.45, 7) is 0.896. The van der Waals surface area contributed by atoms with Gasteiger partial charge in [0.2, 0.25) is 0 Å². The number of methoxy groups -OCH3 is 1. The van der Waals surface area contributed by atoms with Crippen LogP contribution in [0.5, 0.6) is 0 Å². The molecule has 0 aliphatic carbocycles. The van der Waals surface area contributed by atoms with Crippen molar-refractivity contribution in [3.63, 3.8) is 0 Å². The Labute approximate surface area is 79.8 Å². The molecule has 76 valence electrons. The third-order valence-corrected chi connectivity index (χ3v) is 1.63. The van der Waals surface area contributed by atoms with Gasteiger partial charge in [0.25, 0.3) is 5.56 Å². The molecule has 0 radical (unpaired) electrons. The Bertz CT molecular complexity index is 385. The number of aromatic nitrogens is 2. The van der Waals surface area contributed by atoms with E-state index in [1.54, 1.807) is 0 Å². The Balaban J connectivity index is 2.95. The monoisotopic (exact) mass is 198 g/mol. The van der Waals surface area contributed by atoms with Gasteiger partial charge in [0.05, 0.1) is 12.9 Å². The van der Waals surface area contributed by atoms with Crippen molar-refractivity contribution in [1.29, 1.82) is 0 Å². The fraction of sp³-hybridized carbons (Fsp3) is 0.375. The van der Waals surface area contributed by atoms with Crippen LogP contribution in [0.3, 0.4) is 0 Å². The van der Waals surface area contributed by atoms with E-state index in [9.17, 15) is 9.59 Å². The molecule has 0 aliphatic rings. The molecule has 1 rings (SSSR count). The summed E-state index contributed by atoms with van der Waals surface area (Å²) in [7, 11) is 1.54. The third-order valence-electron chi connectivity index (χ3n) is 1.63. The molecule has 0 spiro atoms. The summed E-state index contributed by atoms with van der Waals surface area (Å²) in [5, 5.41) is 8.63. The number of carbonyl (C=O) groups is 1. The first kappa shape index (κ1) is 10.4. The summed E-state index contributed by atoms with van der Waals surface area (Å²) >= 11 is 0. The van der Waals surface area contributed by atoms with E-state index in [0.717, 1.165) is 0 Å². The van der Waals surface area contributed by atoms with E-state index >= 15 is 0 Å². The second-order valence-electron chi connectivity index (χ2n) is 2.63. The first-order valence-corrected chi connectivity index (χ1v) is 3.93. The van der Waals surface area contributed by atoms with Crippen LogP contribution in [0.15, 0.2) is 17.3 Å². The second-order valence-corrected chi connectivity index (χ2v) is 2.63. The van der Waals surface area contributed by atoms with Crippen LogP contribution in [-0.4, -0.2) is 34.3 Å². The lowest BCUT2D eigenvalue weighted by Crippen LogP contribution is -2.21. The first-order valence-electron chi connectivity index (χ1n) is 3.93. The van der Waals surface area contributed by atoms with Crippen molar-refractivity contribution in [1.82, 2.24) is 9.55 Å². The molecule has 0 saturated carbocycles. The van der Waals surface area contributed by atoms with E-state index in [4.69, 9.17) is 9.84 Å². The van der Waals surface area contributed by atoms with Gasteiger partial charge in [-0.05, 0) is 0 Å². The van der Waals surface area contributed by atoms with Gasteiger partial charge < -0.3 is 14.4 Å². The minimum Gasteiger partial charge on any atom is -0.477 e. The number of hydrogen-bond acceptors (Lipinski definition) is 4. The molecule has 6 nitrogen and oxygen atoms in total. The lowest BCUT2D eigenvalue weighted by Gasteiger charge is -2.04. The zero-order valence-electron chi connectivity index (χ0n) is 7.64. The highest BCUT2D eigenvalue weighted by molar-refractivity contribution is 5.86. The molecule has 0 aliphatic heterocycles. The molecule has 0 aromatic carbocycles. The predicted octanol–water partition coefficient (Wildman–Crippen LogP) is -0.412. The van der Waals surface area contributed by atoms with Gasteiger partial charge in [-0.1, -0.05) is 0 Å². The minimum atomic E-state index is -1.27. The molecule has 0 bridgehead atoms. The van der Waals surface area contributed by atoms with Crippen LogP contribution in [0.1, 0.15) is 10.4 Å². The minimum absolute atomic E-state index is 0.330. The molecule has 6 heteroatoms. The molecular formula is C8H10N2O4. The van der Waals surface area contributed by atoms with Crippen molar-refractivity contribution in [2.24, 2.45) is 0 Å². The molecule has 0 atom stereocenters. The summed E-state index contributed by atoms with van der Waals surface area (Å²) in [5.41, 5.74) is -1.06. The van der Waals surface area contributed by atoms with Gasteiger partial charge in [-0.2, -0.15) is 4.98 Å². The van der Waals surface area contributed by atoms with Gasteiger partial charge in [0.1, 0.15) is 5.56 Å². The summed E-state index contributed by atoms with van der Waals surface area (Å²) in [6.07, 6.45) is 2.53. The number of aromatic carboxylic acids is 1. The van der Waals surface area contributed by atoms with Crippen molar-refractivity contribution in [3.05, 3.63) is 28.4 Å². The average molecular weight is 198 g/mol. The smallest absolute Gasteiger partial charge is 0.342 e. The highest BCUT2D eigenvalue weighted by Gasteiger charge is 2.08. The van der Waals surface area contributed by atoms with E-state index < -0.39 is 11.5 Å². The summed E-state index contributed by atoms with van der Waals surface area (Å²) < 4.78 is 6.30. The lowest BCUT2D eigenvalue weighted by molar-refractivity contribution is 0.0693. The van der Waals surface area contributed by atoms with E-state index in [1.807, 2.05) is 0 Å². The molecule has 0 fully saturated rings. The summed E-state index contributed by atoms with van der Waals surface area (Å²) in [4.78, 5) is 24.9. The Morgan fingerprint density at radius 2 is 2.43 bits per heavy atom. The fourth-order valence-corrected chi connectivity index (χ4v) is 0.916. The van der Waals surface area contributed by atoms with Crippen LogP contribution < -0.4 is 5.56 Å². The van der Waals surface area contributed by atoms with Gasteiger partial charge in [-0.25, -0.2) is 4.79 Å². The van der Waals surface area contributed by atoms with Crippen molar-refractivity contribution < 1.29 is 14.6 Å². The zero-order valence-corrected chi connectivity index (χ0v) is 7.64. The topological polar surface area (TPSA) is 81.4 Å². The van der Waals surface area contributed by atoms with Crippen molar-refractivity contribution in [2.75, 3.05) is 13.7 Å². The van der Waals surface area contributed by atoms with Crippen LogP contribution in [0.25, 0.3) is 0 Å². The summed E-state index contributed by atoms with van der Waals surface area (Å²) in [6, 6.07) is 0. The van der Waals surface area contributed by atoms with Crippen molar-refractivity contribution in [2.45, 2.75) is 6.54 Å². The number of carboxylic acid groups (broad SMARTS) is 1. The number of nitrogens with zero attached hydrogens (tertiary/aromatic N) is 2. The maximum Gasteiger partial charge on any atom is 0.342 e. The van der Waals surface area contributed by atoms with E-state index in [-0.39, 0.29) is 5.56 Å². The SMILES string of the molecule is COCCn1cnc(=O)c(C(=O)O)c1. The molecule has 0 saturated heterocycles. The maximum absolute atomic E-state index is 11.0. The maximum atomic E-state index is 11.0. The number of ether oxygens (including phenoxy) is 1. The lowest BCUT2D eigenvalue weighted by atomic mass is 10.3. The molecular weight excluding hydrogens is 188 g/mol. The standard InChI is InChI=1S/C8H10N2O4/c1-14-3-2-10-4-6(8(12)13)7(11)9-5-10/h4-5H,2-3H2,1H3,(H,12,13). The van der Waals surface area contributed by atoms with E-state index in [0.29, 0.717) is 13.2 Å². The second kappa shape index (κ2) is 4.52. The highest BCUT2D eigenvalue weighted by Crippen LogP contribution is 1.91. The fourth-order valence-electron chi connectivity index (χ4n) is 0.916. The van der Waals surface area contributed by atoms with Crippen molar-refractivity contribution >= 4 is 5.97 Å². The Hall–Kier alpha value is -1.69. The van der Waals surface area contributed by atoms with E-state index in [2.05, 4.69) is 4.98 Å². The molecule has 1 aromatic rings. The molecule has 0 amide bonds. The molecule has 1 N–H and O–H groups in total. The average Bonchev–Trinajstić information content (AvgIpc) is 2.16. The van der Waals surface area contributed by atoms with Crippen LogP contribution in [-0.2, 0) is 11.3 Å². The molecule has 1 aromatic heterocycles. The first-order chi connectivity index (χ1) is 6.65. The Kier molecular flexibility index (Phi) is 3.35. The number of rotatable bonds is 4. The van der Waals surface area contributed by atoms with Crippen LogP contribution in [0.2, 0.25) is 0 Å². The van der Waals surface area contributed by atoms with Gasteiger partial charge >= 0.3 is 5.97 Å². The Morgan fingerprint density at radius 3 is 3.00 bits per heavy atom. The largest absolute Gasteiger partial charge is 0.477 e. The third kappa shape index (κ3) is 2.40. The highest BCUT2D eigenvalue weighted by atomic mass is 16.5. The summed E-state index contributed by atoms with van der Waals surface area (Å²) in [5.74, 6) is -1.27. The van der Waals surface area contributed by atoms with Gasteiger partial charge in [0.15, 0.2) is 0 Å². The molecule has 1 heterocycles. The number of carboxylic acids is 1. The van der Waals surface area contributed by atoms with Gasteiger partial charge in [0, 0.05) is 19.9 Å². The molecule has 0 unspecified atom stereocenters. The normalized spacial score (nSPS) is 10.1. The zero-order chi connectivity index (χ0) is 10.6. The van der Waals surface area contributed by atoms with E-state index in [1.165, 1.54) is 24.2 Å². The van der Waals surface area contributed by atoms with Crippen LogP contribution >= 0.6 is 0 Å². The Morgan fingerprint density at radius 1 is 1.71 bits per heavy atom. The molecule has 14 heavy (non-hydrogen) atoms. The quantitative estimate of drug-likeness (QED) is 0.711. The van der Waals surface area contributed by atoms with Gasteiger partial charge in [-0.15, -0.1) is 0 Å². The van der Waals surface area contributed by atoms with Crippen LogP contribution in [0, 0.1) is 0 Å². The van der Waals surface area contributed by atoms with Gasteiger partial charge in [-0.3, -0.25) is 4.79 Å².